The smallest absolute Gasteiger partial charge is 0.269 e. The van der Waals surface area contributed by atoms with Gasteiger partial charge in [-0.3, -0.25) is 15.0 Å². The minimum Gasteiger partial charge on any atom is -0.493 e. The SMILES string of the molecule is COc1ccc(CCN(Cc2ccc([N+](=O)[O-])cc2)CC(O)COc2cccc(C)c2)cc1OC. The lowest BCUT2D eigenvalue weighted by molar-refractivity contribution is -0.384. The van der Waals surface area contributed by atoms with E-state index in [0.29, 0.717) is 31.1 Å². The molecule has 1 atom stereocenters. The van der Waals surface area contributed by atoms with Crippen molar-refractivity contribution in [1.29, 1.82) is 0 Å². The Labute approximate surface area is 205 Å². The third-order valence-electron chi connectivity index (χ3n) is 5.62. The molecule has 0 aromatic heterocycles. The van der Waals surface area contributed by atoms with Crippen LogP contribution in [0.2, 0.25) is 0 Å². The van der Waals surface area contributed by atoms with Gasteiger partial charge >= 0.3 is 0 Å². The minimum absolute atomic E-state index is 0.0530. The lowest BCUT2D eigenvalue weighted by atomic mass is 10.1. The van der Waals surface area contributed by atoms with E-state index in [4.69, 9.17) is 14.2 Å². The second kappa shape index (κ2) is 12.7. The second-order valence-electron chi connectivity index (χ2n) is 8.38. The predicted octanol–water partition coefficient (Wildman–Crippen LogP) is 4.41. The normalized spacial score (nSPS) is 11.8. The molecule has 0 aliphatic heterocycles. The summed E-state index contributed by atoms with van der Waals surface area (Å²) in [6.07, 6.45) is 0.0117. The number of nitro benzene ring substituents is 1. The number of rotatable bonds is 13. The molecule has 0 aliphatic rings. The Balaban J connectivity index is 1.67. The number of aliphatic hydroxyl groups is 1. The Morgan fingerprint density at radius 1 is 0.971 bits per heavy atom. The zero-order valence-corrected chi connectivity index (χ0v) is 20.3. The van der Waals surface area contributed by atoms with Crippen molar-refractivity contribution in [3.05, 3.63) is 93.5 Å². The summed E-state index contributed by atoms with van der Waals surface area (Å²) in [6.45, 7) is 3.73. The number of methoxy groups -OCH3 is 2. The fourth-order valence-electron chi connectivity index (χ4n) is 3.79. The summed E-state index contributed by atoms with van der Waals surface area (Å²) in [4.78, 5) is 12.7. The van der Waals surface area contributed by atoms with Crippen LogP contribution in [0.3, 0.4) is 0 Å². The molecule has 0 fully saturated rings. The molecule has 3 aromatic carbocycles. The van der Waals surface area contributed by atoms with Gasteiger partial charge in [-0.2, -0.15) is 0 Å². The Bertz CT molecular complexity index is 1100. The zero-order chi connectivity index (χ0) is 25.2. The van der Waals surface area contributed by atoms with Crippen LogP contribution in [0.25, 0.3) is 0 Å². The van der Waals surface area contributed by atoms with Crippen LogP contribution in [-0.2, 0) is 13.0 Å². The average Bonchev–Trinajstić information content (AvgIpc) is 2.86. The maximum absolute atomic E-state index is 11.0. The number of aryl methyl sites for hydroxylation is 1. The summed E-state index contributed by atoms with van der Waals surface area (Å²) >= 11 is 0. The molecule has 0 saturated carbocycles. The lowest BCUT2D eigenvalue weighted by Gasteiger charge is -2.25. The van der Waals surface area contributed by atoms with Crippen molar-refractivity contribution < 1.29 is 24.2 Å². The molecule has 0 aliphatic carbocycles. The van der Waals surface area contributed by atoms with Gasteiger partial charge in [-0.05, 0) is 54.3 Å². The van der Waals surface area contributed by atoms with E-state index in [9.17, 15) is 15.2 Å². The summed E-state index contributed by atoms with van der Waals surface area (Å²) < 4.78 is 16.5. The Kier molecular flexibility index (Phi) is 9.46. The van der Waals surface area contributed by atoms with Crippen molar-refractivity contribution in [3.63, 3.8) is 0 Å². The van der Waals surface area contributed by atoms with Crippen LogP contribution in [0.5, 0.6) is 17.2 Å². The highest BCUT2D eigenvalue weighted by Crippen LogP contribution is 2.28. The standard InChI is InChI=1S/C27H32N2O6/c1-20-5-4-6-25(15-20)35-19-24(30)18-28(17-22-7-10-23(11-8-22)29(31)32)14-13-21-9-12-26(33-2)27(16-21)34-3/h4-12,15-16,24,30H,13-14,17-19H2,1-3H3. The number of ether oxygens (including phenoxy) is 3. The summed E-state index contributed by atoms with van der Waals surface area (Å²) in [5, 5.41) is 21.7. The van der Waals surface area contributed by atoms with E-state index in [1.807, 2.05) is 49.4 Å². The maximum Gasteiger partial charge on any atom is 0.269 e. The Hall–Kier alpha value is -3.62. The first-order valence-electron chi connectivity index (χ1n) is 11.4. The molecule has 0 heterocycles. The average molecular weight is 481 g/mol. The van der Waals surface area contributed by atoms with E-state index in [1.165, 1.54) is 12.1 Å². The fourth-order valence-corrected chi connectivity index (χ4v) is 3.79. The number of nitrogens with zero attached hydrogens (tertiary/aromatic N) is 2. The molecule has 3 aromatic rings. The number of nitro groups is 1. The van der Waals surface area contributed by atoms with E-state index < -0.39 is 11.0 Å². The highest BCUT2D eigenvalue weighted by atomic mass is 16.6. The van der Waals surface area contributed by atoms with Crippen LogP contribution in [-0.4, -0.2) is 54.9 Å². The van der Waals surface area contributed by atoms with Gasteiger partial charge in [0.2, 0.25) is 0 Å². The minimum atomic E-state index is -0.709. The molecule has 8 nitrogen and oxygen atoms in total. The van der Waals surface area contributed by atoms with Gasteiger partial charge in [-0.25, -0.2) is 0 Å². The van der Waals surface area contributed by atoms with Gasteiger partial charge in [0.05, 0.1) is 19.1 Å². The van der Waals surface area contributed by atoms with Crippen molar-refractivity contribution >= 4 is 5.69 Å². The molecule has 1 N–H and O–H groups in total. The van der Waals surface area contributed by atoms with Crippen molar-refractivity contribution in [2.24, 2.45) is 0 Å². The van der Waals surface area contributed by atoms with Gasteiger partial charge in [0.15, 0.2) is 11.5 Å². The third kappa shape index (κ3) is 7.98. The molecule has 3 rings (SSSR count). The zero-order valence-electron chi connectivity index (χ0n) is 20.3. The fraction of sp³-hybridized carbons (Fsp3) is 0.333. The van der Waals surface area contributed by atoms with E-state index >= 15 is 0 Å². The van der Waals surface area contributed by atoms with Crippen molar-refractivity contribution in [1.82, 2.24) is 4.90 Å². The predicted molar refractivity (Wildman–Crippen MR) is 134 cm³/mol. The highest BCUT2D eigenvalue weighted by Gasteiger charge is 2.15. The first-order valence-corrected chi connectivity index (χ1v) is 11.4. The molecular weight excluding hydrogens is 448 g/mol. The Morgan fingerprint density at radius 2 is 1.69 bits per heavy atom. The topological polar surface area (TPSA) is 94.3 Å². The van der Waals surface area contributed by atoms with Gasteiger partial charge in [0, 0.05) is 31.8 Å². The number of aliphatic hydroxyl groups excluding tert-OH is 1. The van der Waals surface area contributed by atoms with Gasteiger partial charge in [-0.15, -0.1) is 0 Å². The van der Waals surface area contributed by atoms with Crippen LogP contribution < -0.4 is 14.2 Å². The number of hydrogen-bond donors (Lipinski definition) is 1. The summed E-state index contributed by atoms with van der Waals surface area (Å²) in [5.41, 5.74) is 3.14. The largest absolute Gasteiger partial charge is 0.493 e. The molecule has 0 bridgehead atoms. The molecule has 0 radical (unpaired) electrons. The van der Waals surface area contributed by atoms with Crippen molar-refractivity contribution in [3.8, 4) is 17.2 Å². The molecule has 8 heteroatoms. The molecule has 1 unspecified atom stereocenters. The summed E-state index contributed by atoms with van der Waals surface area (Å²) in [7, 11) is 3.21. The van der Waals surface area contributed by atoms with E-state index in [1.54, 1.807) is 26.4 Å². The van der Waals surface area contributed by atoms with Gasteiger partial charge in [0.25, 0.3) is 5.69 Å². The molecule has 0 amide bonds. The summed E-state index contributed by atoms with van der Waals surface area (Å²) in [5.74, 6) is 2.05. The Morgan fingerprint density at radius 3 is 2.34 bits per heavy atom. The quantitative estimate of drug-likeness (QED) is 0.286. The van der Waals surface area contributed by atoms with Crippen LogP contribution in [0, 0.1) is 17.0 Å². The number of non-ortho nitro benzene ring substituents is 1. The van der Waals surface area contributed by atoms with Crippen LogP contribution >= 0.6 is 0 Å². The molecule has 0 spiro atoms. The van der Waals surface area contributed by atoms with Crippen LogP contribution in [0.15, 0.2) is 66.7 Å². The monoisotopic (exact) mass is 480 g/mol. The second-order valence-corrected chi connectivity index (χ2v) is 8.38. The molecular formula is C27H32N2O6. The van der Waals surface area contributed by atoms with Gasteiger partial charge in [0.1, 0.15) is 18.5 Å². The molecule has 0 saturated heterocycles. The van der Waals surface area contributed by atoms with Crippen molar-refractivity contribution in [2.45, 2.75) is 26.0 Å². The van der Waals surface area contributed by atoms with Crippen LogP contribution in [0.4, 0.5) is 5.69 Å². The number of benzene rings is 3. The maximum atomic E-state index is 11.0. The highest BCUT2D eigenvalue weighted by molar-refractivity contribution is 5.43. The first-order chi connectivity index (χ1) is 16.9. The molecule has 186 valence electrons. The van der Waals surface area contributed by atoms with E-state index in [2.05, 4.69) is 4.90 Å². The number of hydrogen-bond acceptors (Lipinski definition) is 7. The van der Waals surface area contributed by atoms with Crippen LogP contribution in [0.1, 0.15) is 16.7 Å². The third-order valence-corrected chi connectivity index (χ3v) is 5.62. The van der Waals surface area contributed by atoms with Crippen molar-refractivity contribution in [2.75, 3.05) is 33.9 Å². The summed E-state index contributed by atoms with van der Waals surface area (Å²) in [6, 6.07) is 20.0. The lowest BCUT2D eigenvalue weighted by Crippen LogP contribution is -2.36. The van der Waals surface area contributed by atoms with Gasteiger partial charge in [-0.1, -0.05) is 30.3 Å². The first kappa shape index (κ1) is 26.0. The van der Waals surface area contributed by atoms with Gasteiger partial charge < -0.3 is 19.3 Å². The molecule has 35 heavy (non-hydrogen) atoms. The van der Waals surface area contributed by atoms with E-state index in [-0.39, 0.29) is 12.3 Å². The van der Waals surface area contributed by atoms with E-state index in [0.717, 1.165) is 28.9 Å².